The number of hydrogen-bond donors (Lipinski definition) is 1. The fraction of sp³-hybridized carbons (Fsp3) is 0.290. The largest absolute Gasteiger partial charge is 0.349 e. The summed E-state index contributed by atoms with van der Waals surface area (Å²) in [6.45, 7) is 4.83. The van der Waals surface area contributed by atoms with Crippen molar-refractivity contribution in [1.29, 1.82) is 0 Å². The van der Waals surface area contributed by atoms with Crippen molar-refractivity contribution in [3.05, 3.63) is 100 Å². The Hall–Kier alpha value is -3.38. The van der Waals surface area contributed by atoms with Crippen LogP contribution in [0, 0.1) is 17.7 Å². The van der Waals surface area contributed by atoms with E-state index in [-0.39, 0.29) is 23.7 Å². The second-order valence-corrected chi connectivity index (χ2v) is 11.1. The van der Waals surface area contributed by atoms with E-state index in [0.29, 0.717) is 28.8 Å². The van der Waals surface area contributed by atoms with Crippen LogP contribution in [0.5, 0.6) is 0 Å². The van der Waals surface area contributed by atoms with Gasteiger partial charge in [0.25, 0.3) is 11.8 Å². The maximum Gasteiger partial charge on any atom is 0.265 e. The molecule has 0 aromatic heterocycles. The molecule has 0 bridgehead atoms. The van der Waals surface area contributed by atoms with Crippen molar-refractivity contribution in [2.24, 2.45) is 11.8 Å². The SMILES string of the molecule is CC1CCCC(NC(=O)c2ccc(C=C3Sc4ccccc4N(Cc4ccc(F)cc4)C3=O)cc2)C1C. The first-order chi connectivity index (χ1) is 17.9. The molecule has 3 aromatic carbocycles. The highest BCUT2D eigenvalue weighted by molar-refractivity contribution is 8.04. The molecule has 0 radical (unpaired) electrons. The van der Waals surface area contributed by atoms with Crippen molar-refractivity contribution in [1.82, 2.24) is 5.32 Å². The number of nitrogens with zero attached hydrogens (tertiary/aromatic N) is 1. The number of amides is 2. The van der Waals surface area contributed by atoms with Gasteiger partial charge in [-0.1, -0.05) is 74.8 Å². The van der Waals surface area contributed by atoms with Gasteiger partial charge in [-0.15, -0.1) is 0 Å². The van der Waals surface area contributed by atoms with Gasteiger partial charge in [0.05, 0.1) is 17.1 Å². The highest BCUT2D eigenvalue weighted by Gasteiger charge is 2.30. The Morgan fingerprint density at radius 2 is 1.76 bits per heavy atom. The van der Waals surface area contributed by atoms with Crippen molar-refractivity contribution in [2.45, 2.75) is 50.6 Å². The number of carbonyl (C=O) groups is 2. The lowest BCUT2D eigenvalue weighted by Crippen LogP contribution is -2.43. The minimum absolute atomic E-state index is 0.0485. The summed E-state index contributed by atoms with van der Waals surface area (Å²) in [5.41, 5.74) is 3.18. The monoisotopic (exact) mass is 514 g/mol. The Kier molecular flexibility index (Phi) is 7.47. The average molecular weight is 515 g/mol. The number of para-hydroxylation sites is 1. The van der Waals surface area contributed by atoms with Crippen molar-refractivity contribution >= 4 is 35.3 Å². The molecule has 1 saturated carbocycles. The topological polar surface area (TPSA) is 49.4 Å². The lowest BCUT2D eigenvalue weighted by atomic mass is 9.78. The van der Waals surface area contributed by atoms with Crippen LogP contribution in [0.2, 0.25) is 0 Å². The zero-order chi connectivity index (χ0) is 25.9. The highest BCUT2D eigenvalue weighted by atomic mass is 32.2. The summed E-state index contributed by atoms with van der Waals surface area (Å²) in [5, 5.41) is 3.22. The van der Waals surface area contributed by atoms with Crippen molar-refractivity contribution in [3.63, 3.8) is 0 Å². The molecule has 0 saturated heterocycles. The number of rotatable bonds is 5. The number of anilines is 1. The van der Waals surface area contributed by atoms with E-state index in [9.17, 15) is 14.0 Å². The van der Waals surface area contributed by atoms with Crippen LogP contribution in [0.3, 0.4) is 0 Å². The fourth-order valence-corrected chi connectivity index (χ4v) is 6.17. The van der Waals surface area contributed by atoms with E-state index in [0.717, 1.165) is 34.6 Å². The summed E-state index contributed by atoms with van der Waals surface area (Å²) < 4.78 is 13.4. The number of hydrogen-bond acceptors (Lipinski definition) is 3. The fourth-order valence-electron chi connectivity index (χ4n) is 5.11. The first-order valence-electron chi connectivity index (χ1n) is 12.8. The summed E-state index contributed by atoms with van der Waals surface area (Å²) in [4.78, 5) is 29.7. The van der Waals surface area contributed by atoms with E-state index in [1.54, 1.807) is 17.0 Å². The van der Waals surface area contributed by atoms with Crippen LogP contribution in [0.4, 0.5) is 10.1 Å². The molecule has 3 atom stereocenters. The van der Waals surface area contributed by atoms with Gasteiger partial charge in [-0.3, -0.25) is 9.59 Å². The Morgan fingerprint density at radius 3 is 2.51 bits per heavy atom. The van der Waals surface area contributed by atoms with Crippen LogP contribution in [0.25, 0.3) is 6.08 Å². The third-order valence-electron chi connectivity index (χ3n) is 7.58. The van der Waals surface area contributed by atoms with Gasteiger partial charge in [-0.2, -0.15) is 0 Å². The molecule has 2 amide bonds. The molecule has 37 heavy (non-hydrogen) atoms. The van der Waals surface area contributed by atoms with Gasteiger partial charge in [-0.05, 0) is 71.9 Å². The molecule has 0 spiro atoms. The third kappa shape index (κ3) is 5.64. The van der Waals surface area contributed by atoms with Gasteiger partial charge in [-0.25, -0.2) is 4.39 Å². The van der Waals surface area contributed by atoms with E-state index < -0.39 is 0 Å². The van der Waals surface area contributed by atoms with Crippen LogP contribution in [0.15, 0.2) is 82.6 Å². The smallest absolute Gasteiger partial charge is 0.265 e. The number of carbonyl (C=O) groups excluding carboxylic acids is 2. The third-order valence-corrected chi connectivity index (χ3v) is 8.66. The maximum atomic E-state index is 13.5. The molecule has 1 aliphatic carbocycles. The van der Waals surface area contributed by atoms with Crippen LogP contribution in [-0.2, 0) is 11.3 Å². The Balaban J connectivity index is 1.34. The first-order valence-corrected chi connectivity index (χ1v) is 13.7. The summed E-state index contributed by atoms with van der Waals surface area (Å²) >= 11 is 1.44. The number of thioether (sulfide) groups is 1. The quantitative estimate of drug-likeness (QED) is 0.371. The van der Waals surface area contributed by atoms with E-state index in [1.807, 2.05) is 54.6 Å². The molecule has 3 unspecified atom stereocenters. The van der Waals surface area contributed by atoms with Gasteiger partial charge in [0.15, 0.2) is 0 Å². The minimum Gasteiger partial charge on any atom is -0.349 e. The standard InChI is InChI=1S/C31H31FN2O2S/c1-20-6-5-7-26(21(20)2)33-30(35)24-14-10-22(11-15-24)18-29-31(36)34(19-23-12-16-25(32)17-13-23)27-8-3-4-9-28(27)37-29/h3-4,8-18,20-21,26H,5-7,19H2,1-2H3,(H,33,35). The molecular weight excluding hydrogens is 483 g/mol. The minimum atomic E-state index is -0.301. The number of halogens is 1. The van der Waals surface area contributed by atoms with E-state index in [1.165, 1.54) is 30.3 Å². The molecule has 190 valence electrons. The predicted octanol–water partition coefficient (Wildman–Crippen LogP) is 7.06. The van der Waals surface area contributed by atoms with Gasteiger partial charge in [0.1, 0.15) is 5.82 Å². The van der Waals surface area contributed by atoms with E-state index in [2.05, 4.69) is 19.2 Å². The predicted molar refractivity (Wildman–Crippen MR) is 148 cm³/mol. The maximum absolute atomic E-state index is 13.5. The molecule has 1 heterocycles. The number of nitrogens with one attached hydrogen (secondary N) is 1. The van der Waals surface area contributed by atoms with Crippen LogP contribution >= 0.6 is 11.8 Å². The average Bonchev–Trinajstić information content (AvgIpc) is 2.90. The zero-order valence-electron chi connectivity index (χ0n) is 21.1. The lowest BCUT2D eigenvalue weighted by molar-refractivity contribution is -0.114. The Morgan fingerprint density at radius 1 is 1.03 bits per heavy atom. The Bertz CT molecular complexity index is 1320. The van der Waals surface area contributed by atoms with Gasteiger partial charge in [0.2, 0.25) is 0 Å². The second kappa shape index (κ2) is 10.9. The summed E-state index contributed by atoms with van der Waals surface area (Å²) in [5.74, 6) is 0.635. The van der Waals surface area contributed by atoms with Crippen LogP contribution in [-0.4, -0.2) is 17.9 Å². The molecular formula is C31H31FN2O2S. The molecule has 3 aromatic rings. The van der Waals surface area contributed by atoms with Crippen molar-refractivity contribution in [2.75, 3.05) is 4.90 Å². The van der Waals surface area contributed by atoms with Gasteiger partial charge >= 0.3 is 0 Å². The van der Waals surface area contributed by atoms with E-state index >= 15 is 0 Å². The second-order valence-electron chi connectivity index (χ2n) is 10.1. The van der Waals surface area contributed by atoms with Crippen LogP contribution < -0.4 is 10.2 Å². The molecule has 5 rings (SSSR count). The summed E-state index contributed by atoms with van der Waals surface area (Å²) in [7, 11) is 0. The summed E-state index contributed by atoms with van der Waals surface area (Å²) in [6.07, 6.45) is 5.26. The normalized spacial score (nSPS) is 22.6. The Labute approximate surface area is 222 Å². The number of fused-ring (bicyclic) bond motifs is 1. The molecule has 6 heteroatoms. The molecule has 4 nitrogen and oxygen atoms in total. The highest BCUT2D eigenvalue weighted by Crippen LogP contribution is 2.42. The van der Waals surface area contributed by atoms with Crippen LogP contribution in [0.1, 0.15) is 54.6 Å². The van der Waals surface area contributed by atoms with Crippen molar-refractivity contribution in [3.8, 4) is 0 Å². The first kappa shape index (κ1) is 25.3. The van der Waals surface area contributed by atoms with Gasteiger partial charge in [0, 0.05) is 16.5 Å². The molecule has 2 aliphatic rings. The molecule has 1 aliphatic heterocycles. The zero-order valence-corrected chi connectivity index (χ0v) is 21.9. The number of benzene rings is 3. The lowest BCUT2D eigenvalue weighted by Gasteiger charge is -2.34. The molecule has 1 fully saturated rings. The van der Waals surface area contributed by atoms with Gasteiger partial charge < -0.3 is 10.2 Å². The molecule has 1 N–H and O–H groups in total. The van der Waals surface area contributed by atoms with E-state index in [4.69, 9.17) is 0 Å². The van der Waals surface area contributed by atoms with Crippen molar-refractivity contribution < 1.29 is 14.0 Å². The summed E-state index contributed by atoms with van der Waals surface area (Å²) in [6, 6.07) is 21.6.